The van der Waals surface area contributed by atoms with E-state index in [1.54, 1.807) is 0 Å². The molecule has 0 fully saturated rings. The van der Waals surface area contributed by atoms with Crippen LogP contribution in [0.15, 0.2) is 35.4 Å². The molecule has 0 amide bonds. The Morgan fingerprint density at radius 1 is 0.750 bits per heavy atom. The fraction of sp³-hybridized carbons (Fsp3) is 0. The number of nitrogens with one attached hydrogen (secondary N) is 1. The van der Waals surface area contributed by atoms with Gasteiger partial charge in [0, 0.05) is 23.8 Å². The Hall–Kier alpha value is -2.44. The smallest absolute Gasteiger partial charge is 0.161 e. The van der Waals surface area contributed by atoms with Crippen molar-refractivity contribution in [3.05, 3.63) is 65.0 Å². The summed E-state index contributed by atoms with van der Waals surface area (Å²) in [7, 11) is 0. The molecule has 0 spiro atoms. The molecule has 2 aromatic rings. The molecule has 0 aliphatic rings. The summed E-state index contributed by atoms with van der Waals surface area (Å²) in [4.78, 5) is 0. The van der Waals surface area contributed by atoms with Gasteiger partial charge < -0.3 is 0 Å². The van der Waals surface area contributed by atoms with E-state index in [4.69, 9.17) is 0 Å². The second-order valence-corrected chi connectivity index (χ2v) is 3.82. The van der Waals surface area contributed by atoms with Gasteiger partial charge >= 0.3 is 0 Å². The maximum absolute atomic E-state index is 13.2. The number of benzene rings is 2. The number of anilines is 1. The lowest BCUT2D eigenvalue weighted by atomic mass is 10.2. The molecule has 0 heterocycles. The molecule has 104 valence electrons. The van der Waals surface area contributed by atoms with Crippen LogP contribution in [-0.4, -0.2) is 6.21 Å². The number of hydrazone groups is 1. The van der Waals surface area contributed by atoms with Gasteiger partial charge in [0.15, 0.2) is 17.5 Å². The molecule has 0 aromatic heterocycles. The standard InChI is InChI=1S/C13H7F5N2/c14-8-1-7(2-9(15)3-8)6-19-20-13-5-11(17)10(16)4-12(13)18/h1-6,20H/b19-6+. The van der Waals surface area contributed by atoms with Gasteiger partial charge in [-0.05, 0) is 12.1 Å². The third kappa shape index (κ3) is 3.31. The summed E-state index contributed by atoms with van der Waals surface area (Å²) in [5.74, 6) is -5.23. The molecule has 0 bridgehead atoms. The van der Waals surface area contributed by atoms with Gasteiger partial charge in [-0.3, -0.25) is 5.43 Å². The third-order valence-electron chi connectivity index (χ3n) is 2.29. The van der Waals surface area contributed by atoms with Crippen molar-refractivity contribution in [2.75, 3.05) is 5.43 Å². The van der Waals surface area contributed by atoms with E-state index in [0.29, 0.717) is 18.2 Å². The molecule has 0 aliphatic carbocycles. The van der Waals surface area contributed by atoms with Crippen molar-refractivity contribution in [1.29, 1.82) is 0 Å². The van der Waals surface area contributed by atoms with Crippen molar-refractivity contribution in [2.45, 2.75) is 0 Å². The van der Waals surface area contributed by atoms with E-state index < -0.39 is 34.8 Å². The van der Waals surface area contributed by atoms with Gasteiger partial charge in [-0.15, -0.1) is 0 Å². The topological polar surface area (TPSA) is 24.4 Å². The largest absolute Gasteiger partial charge is 0.275 e. The van der Waals surface area contributed by atoms with E-state index in [-0.39, 0.29) is 5.56 Å². The average Bonchev–Trinajstić information content (AvgIpc) is 2.34. The molecule has 7 heteroatoms. The minimum Gasteiger partial charge on any atom is -0.275 e. The predicted molar refractivity (Wildman–Crippen MR) is 63.9 cm³/mol. The number of nitrogens with zero attached hydrogens (tertiary/aromatic N) is 1. The first-order chi connectivity index (χ1) is 9.45. The molecule has 0 saturated heterocycles. The van der Waals surface area contributed by atoms with Gasteiger partial charge in [0.2, 0.25) is 0 Å². The van der Waals surface area contributed by atoms with Crippen LogP contribution < -0.4 is 5.43 Å². The predicted octanol–water partition coefficient (Wildman–Crippen LogP) is 3.83. The third-order valence-corrected chi connectivity index (χ3v) is 2.29. The molecule has 2 nitrogen and oxygen atoms in total. The molecule has 0 saturated carbocycles. The van der Waals surface area contributed by atoms with Gasteiger partial charge in [-0.25, -0.2) is 22.0 Å². The number of halogens is 5. The first kappa shape index (κ1) is 14.0. The molecule has 0 unspecified atom stereocenters. The maximum atomic E-state index is 13.2. The summed E-state index contributed by atoms with van der Waals surface area (Å²) < 4.78 is 64.5. The van der Waals surface area contributed by atoms with Crippen LogP contribution >= 0.6 is 0 Å². The van der Waals surface area contributed by atoms with E-state index in [1.807, 2.05) is 0 Å². The Bertz CT molecular complexity index is 650. The van der Waals surface area contributed by atoms with Crippen molar-refractivity contribution in [1.82, 2.24) is 0 Å². The molecule has 0 radical (unpaired) electrons. The van der Waals surface area contributed by atoms with Gasteiger partial charge in [0.1, 0.15) is 11.6 Å². The lowest BCUT2D eigenvalue weighted by molar-refractivity contribution is 0.496. The summed E-state index contributed by atoms with van der Waals surface area (Å²) in [5, 5.41) is 3.49. The fourth-order valence-corrected chi connectivity index (χ4v) is 1.43. The zero-order valence-corrected chi connectivity index (χ0v) is 9.80. The van der Waals surface area contributed by atoms with Crippen LogP contribution in [0.3, 0.4) is 0 Å². The zero-order chi connectivity index (χ0) is 14.7. The quantitative estimate of drug-likeness (QED) is 0.394. The SMILES string of the molecule is Fc1cc(F)cc(/C=N/Nc2cc(F)c(F)cc2F)c1. The number of rotatable bonds is 3. The Morgan fingerprint density at radius 2 is 1.35 bits per heavy atom. The summed E-state index contributed by atoms with van der Waals surface area (Å²) in [5.41, 5.74) is 1.79. The first-order valence-corrected chi connectivity index (χ1v) is 5.35. The molecule has 2 rings (SSSR count). The summed E-state index contributed by atoms with van der Waals surface area (Å²) in [6.07, 6.45) is 1.01. The van der Waals surface area contributed by atoms with Crippen LogP contribution in [0.1, 0.15) is 5.56 Å². The van der Waals surface area contributed by atoms with Gasteiger partial charge in [0.05, 0.1) is 11.9 Å². The minimum absolute atomic E-state index is 0.0815. The molecule has 0 atom stereocenters. The Balaban J connectivity index is 2.16. The highest BCUT2D eigenvalue weighted by atomic mass is 19.2. The highest BCUT2D eigenvalue weighted by Gasteiger charge is 2.08. The van der Waals surface area contributed by atoms with E-state index in [1.165, 1.54) is 0 Å². The van der Waals surface area contributed by atoms with Gasteiger partial charge in [-0.2, -0.15) is 5.10 Å². The lowest BCUT2D eigenvalue weighted by Gasteiger charge is -2.03. The van der Waals surface area contributed by atoms with Crippen molar-refractivity contribution in [2.24, 2.45) is 5.10 Å². The Kier molecular flexibility index (Phi) is 3.97. The monoisotopic (exact) mass is 286 g/mol. The van der Waals surface area contributed by atoms with E-state index >= 15 is 0 Å². The lowest BCUT2D eigenvalue weighted by Crippen LogP contribution is -1.97. The van der Waals surface area contributed by atoms with Crippen molar-refractivity contribution >= 4 is 11.9 Å². The first-order valence-electron chi connectivity index (χ1n) is 5.35. The van der Waals surface area contributed by atoms with E-state index in [2.05, 4.69) is 10.5 Å². The Morgan fingerprint density at radius 3 is 2.00 bits per heavy atom. The highest BCUT2D eigenvalue weighted by Crippen LogP contribution is 2.18. The number of hydrogen-bond acceptors (Lipinski definition) is 2. The average molecular weight is 286 g/mol. The molecule has 20 heavy (non-hydrogen) atoms. The maximum Gasteiger partial charge on any atom is 0.161 e. The Labute approximate surface area is 110 Å². The molecular weight excluding hydrogens is 279 g/mol. The number of hydrogen-bond donors (Lipinski definition) is 1. The molecule has 0 aliphatic heterocycles. The summed E-state index contributed by atoms with van der Waals surface area (Å²) >= 11 is 0. The van der Waals surface area contributed by atoms with Crippen LogP contribution in [0.4, 0.5) is 27.6 Å². The fourth-order valence-electron chi connectivity index (χ4n) is 1.43. The molecule has 2 aromatic carbocycles. The molecular formula is C13H7F5N2. The molecule has 1 N–H and O–H groups in total. The van der Waals surface area contributed by atoms with Crippen LogP contribution in [0.5, 0.6) is 0 Å². The second kappa shape index (κ2) is 5.68. The summed E-state index contributed by atoms with van der Waals surface area (Å²) in [6, 6.07) is 3.61. The van der Waals surface area contributed by atoms with Crippen molar-refractivity contribution in [3.63, 3.8) is 0 Å². The van der Waals surface area contributed by atoms with E-state index in [9.17, 15) is 22.0 Å². The summed E-state index contributed by atoms with van der Waals surface area (Å²) in [6.45, 7) is 0. The van der Waals surface area contributed by atoms with Crippen LogP contribution in [0.2, 0.25) is 0 Å². The van der Waals surface area contributed by atoms with Crippen LogP contribution in [0.25, 0.3) is 0 Å². The van der Waals surface area contributed by atoms with Crippen molar-refractivity contribution < 1.29 is 22.0 Å². The van der Waals surface area contributed by atoms with Gasteiger partial charge in [0.25, 0.3) is 0 Å². The van der Waals surface area contributed by atoms with Crippen LogP contribution in [0, 0.1) is 29.1 Å². The minimum atomic E-state index is -1.33. The normalized spacial score (nSPS) is 11.1. The van der Waals surface area contributed by atoms with Crippen molar-refractivity contribution in [3.8, 4) is 0 Å². The second-order valence-electron chi connectivity index (χ2n) is 3.82. The van der Waals surface area contributed by atoms with Crippen LogP contribution in [-0.2, 0) is 0 Å². The van der Waals surface area contributed by atoms with E-state index in [0.717, 1.165) is 18.3 Å². The highest BCUT2D eigenvalue weighted by molar-refractivity contribution is 5.80. The van der Waals surface area contributed by atoms with Gasteiger partial charge in [-0.1, -0.05) is 0 Å². The zero-order valence-electron chi connectivity index (χ0n) is 9.80.